The molecule has 5 nitrogen and oxygen atoms in total. The van der Waals surface area contributed by atoms with Crippen LogP contribution in [-0.2, 0) is 17.7 Å². The summed E-state index contributed by atoms with van der Waals surface area (Å²) in [5.41, 5.74) is 0.0898. The van der Waals surface area contributed by atoms with Gasteiger partial charge in [-0.2, -0.15) is 0 Å². The van der Waals surface area contributed by atoms with Crippen LogP contribution >= 0.6 is 27.3 Å². The summed E-state index contributed by atoms with van der Waals surface area (Å²) in [4.78, 5) is 18.8. The molecule has 2 aliphatic heterocycles. The average molecular weight is 421 g/mol. The Kier molecular flexibility index (Phi) is 3.83. The third-order valence-corrected chi connectivity index (χ3v) is 6.57. The van der Waals surface area contributed by atoms with Crippen molar-refractivity contribution in [3.8, 4) is 5.75 Å². The molecule has 5 rings (SSSR count). The summed E-state index contributed by atoms with van der Waals surface area (Å²) in [7, 11) is 0. The molecular weight excluding hydrogens is 404 g/mol. The number of nitrogens with zero attached hydrogens (tertiary/aromatic N) is 2. The molecule has 0 aliphatic carbocycles. The van der Waals surface area contributed by atoms with Gasteiger partial charge >= 0.3 is 0 Å². The molecule has 0 bridgehead atoms. The molecule has 0 saturated carbocycles. The first kappa shape index (κ1) is 15.8. The monoisotopic (exact) mass is 420 g/mol. The summed E-state index contributed by atoms with van der Waals surface area (Å²) in [6, 6.07) is 3.94. The Labute approximate surface area is 156 Å². The number of hydrogen-bond acceptors (Lipinski definition) is 5. The Balaban J connectivity index is 1.74. The SMILES string of the molecule is O=c1c2c(nc3n1CCCCC3)sc1c(OC[C@@H]3CO3)c(Br)ccc12. The van der Waals surface area contributed by atoms with Crippen LogP contribution in [0.4, 0.5) is 0 Å². The number of aromatic nitrogens is 2. The van der Waals surface area contributed by atoms with Crippen LogP contribution in [0.1, 0.15) is 25.1 Å². The van der Waals surface area contributed by atoms with Crippen LogP contribution < -0.4 is 10.3 Å². The summed E-state index contributed by atoms with van der Waals surface area (Å²) in [5, 5.41) is 1.66. The quantitative estimate of drug-likeness (QED) is 0.603. The van der Waals surface area contributed by atoms with E-state index in [-0.39, 0.29) is 11.7 Å². The molecule has 1 atom stereocenters. The fourth-order valence-electron chi connectivity index (χ4n) is 3.44. The highest BCUT2D eigenvalue weighted by Crippen LogP contribution is 2.42. The molecule has 7 heteroatoms. The molecule has 1 fully saturated rings. The van der Waals surface area contributed by atoms with E-state index in [0.717, 1.165) is 75.2 Å². The van der Waals surface area contributed by atoms with Crippen molar-refractivity contribution in [2.24, 2.45) is 0 Å². The predicted molar refractivity (Wildman–Crippen MR) is 102 cm³/mol. The van der Waals surface area contributed by atoms with Gasteiger partial charge in [0.2, 0.25) is 0 Å². The number of benzene rings is 1. The van der Waals surface area contributed by atoms with Crippen LogP contribution in [0, 0.1) is 0 Å². The third-order valence-electron chi connectivity index (χ3n) is 4.85. The van der Waals surface area contributed by atoms with Gasteiger partial charge in [-0.15, -0.1) is 11.3 Å². The second-order valence-electron chi connectivity index (χ2n) is 6.60. The summed E-state index contributed by atoms with van der Waals surface area (Å²) >= 11 is 5.13. The fourth-order valence-corrected chi connectivity index (χ4v) is 5.20. The second-order valence-corrected chi connectivity index (χ2v) is 8.45. The van der Waals surface area contributed by atoms with Gasteiger partial charge in [-0.1, -0.05) is 12.5 Å². The number of fused-ring (bicyclic) bond motifs is 4. The van der Waals surface area contributed by atoms with E-state index >= 15 is 0 Å². The van der Waals surface area contributed by atoms with Crippen LogP contribution in [0.5, 0.6) is 5.75 Å². The lowest BCUT2D eigenvalue weighted by atomic mass is 10.2. The minimum Gasteiger partial charge on any atom is -0.488 e. The number of rotatable bonds is 3. The lowest BCUT2D eigenvalue weighted by Gasteiger charge is -2.08. The van der Waals surface area contributed by atoms with E-state index in [1.54, 1.807) is 11.3 Å². The summed E-state index contributed by atoms with van der Waals surface area (Å²) in [5.74, 6) is 1.71. The van der Waals surface area contributed by atoms with Crippen molar-refractivity contribution in [3.05, 3.63) is 32.8 Å². The largest absolute Gasteiger partial charge is 0.488 e. The van der Waals surface area contributed by atoms with Gasteiger partial charge in [-0.25, -0.2) is 4.98 Å². The molecule has 0 radical (unpaired) electrons. The molecule has 0 amide bonds. The Morgan fingerprint density at radius 1 is 1.36 bits per heavy atom. The minimum atomic E-state index is 0.0898. The van der Waals surface area contributed by atoms with Gasteiger partial charge in [-0.05, 0) is 34.8 Å². The van der Waals surface area contributed by atoms with Crippen molar-refractivity contribution >= 4 is 47.6 Å². The number of aryl methyl sites for hydroxylation is 1. The highest BCUT2D eigenvalue weighted by Gasteiger charge is 2.25. The van der Waals surface area contributed by atoms with E-state index in [9.17, 15) is 4.79 Å². The number of halogens is 1. The van der Waals surface area contributed by atoms with Crippen LogP contribution in [-0.4, -0.2) is 28.9 Å². The smallest absolute Gasteiger partial charge is 0.262 e. The van der Waals surface area contributed by atoms with Crippen LogP contribution in [0.3, 0.4) is 0 Å². The van der Waals surface area contributed by atoms with Crippen molar-refractivity contribution in [1.82, 2.24) is 9.55 Å². The molecule has 25 heavy (non-hydrogen) atoms. The highest BCUT2D eigenvalue weighted by atomic mass is 79.9. The van der Waals surface area contributed by atoms with Crippen molar-refractivity contribution in [3.63, 3.8) is 0 Å². The first-order valence-electron chi connectivity index (χ1n) is 8.61. The normalized spacial score (nSPS) is 19.8. The Bertz CT molecular complexity index is 1040. The number of hydrogen-bond donors (Lipinski definition) is 0. The molecule has 2 aliphatic rings. The molecule has 0 unspecified atom stereocenters. The van der Waals surface area contributed by atoms with Gasteiger partial charge < -0.3 is 9.47 Å². The first-order chi connectivity index (χ1) is 12.2. The summed E-state index contributed by atoms with van der Waals surface area (Å²) < 4.78 is 15.0. The van der Waals surface area contributed by atoms with Crippen molar-refractivity contribution in [2.45, 2.75) is 38.3 Å². The first-order valence-corrected chi connectivity index (χ1v) is 10.2. The fraction of sp³-hybridized carbons (Fsp3) is 0.444. The maximum atomic E-state index is 13.1. The molecular formula is C18H17BrN2O3S. The molecule has 130 valence electrons. The predicted octanol–water partition coefficient (Wildman–Crippen LogP) is 3.88. The molecule has 3 aromatic rings. The van der Waals surface area contributed by atoms with Crippen LogP contribution in [0.25, 0.3) is 20.3 Å². The maximum absolute atomic E-state index is 13.1. The topological polar surface area (TPSA) is 56.7 Å². The zero-order valence-electron chi connectivity index (χ0n) is 13.6. The van der Waals surface area contributed by atoms with Gasteiger partial charge in [0.15, 0.2) is 5.75 Å². The maximum Gasteiger partial charge on any atom is 0.262 e. The van der Waals surface area contributed by atoms with Crippen LogP contribution in [0.15, 0.2) is 21.4 Å². The van der Waals surface area contributed by atoms with E-state index in [4.69, 9.17) is 14.5 Å². The lowest BCUT2D eigenvalue weighted by molar-refractivity contribution is 0.264. The number of thiophene rings is 1. The van der Waals surface area contributed by atoms with E-state index in [1.165, 1.54) is 0 Å². The van der Waals surface area contributed by atoms with Gasteiger partial charge in [0, 0.05) is 18.4 Å². The van der Waals surface area contributed by atoms with E-state index in [0.29, 0.717) is 6.61 Å². The Morgan fingerprint density at radius 2 is 2.24 bits per heavy atom. The van der Waals surface area contributed by atoms with E-state index in [1.807, 2.05) is 16.7 Å². The number of ether oxygens (including phenoxy) is 2. The van der Waals surface area contributed by atoms with Crippen molar-refractivity contribution in [1.29, 1.82) is 0 Å². The third kappa shape index (κ3) is 2.69. The zero-order valence-corrected chi connectivity index (χ0v) is 16.0. The van der Waals surface area contributed by atoms with E-state index in [2.05, 4.69) is 15.9 Å². The lowest BCUT2D eigenvalue weighted by Crippen LogP contribution is -2.23. The minimum absolute atomic E-state index is 0.0898. The second kappa shape index (κ2) is 6.07. The Hall–Kier alpha value is -1.44. The van der Waals surface area contributed by atoms with E-state index < -0.39 is 0 Å². The summed E-state index contributed by atoms with van der Waals surface area (Å²) in [6.07, 6.45) is 4.38. The van der Waals surface area contributed by atoms with Gasteiger partial charge in [-0.3, -0.25) is 9.36 Å². The molecule has 1 aromatic carbocycles. The Morgan fingerprint density at radius 3 is 3.08 bits per heavy atom. The summed E-state index contributed by atoms with van der Waals surface area (Å²) in [6.45, 7) is 2.07. The van der Waals surface area contributed by atoms with Gasteiger partial charge in [0.05, 0.1) is 21.2 Å². The van der Waals surface area contributed by atoms with Gasteiger partial charge in [0.1, 0.15) is 23.4 Å². The molecule has 0 N–H and O–H groups in total. The molecule has 4 heterocycles. The average Bonchev–Trinajstić information content (AvgIpc) is 3.38. The molecule has 1 saturated heterocycles. The molecule has 2 aromatic heterocycles. The number of epoxide rings is 1. The van der Waals surface area contributed by atoms with Gasteiger partial charge in [0.25, 0.3) is 5.56 Å². The van der Waals surface area contributed by atoms with Crippen molar-refractivity contribution in [2.75, 3.05) is 13.2 Å². The zero-order chi connectivity index (χ0) is 17.0. The van der Waals surface area contributed by atoms with Crippen LogP contribution in [0.2, 0.25) is 0 Å². The van der Waals surface area contributed by atoms with Crippen molar-refractivity contribution < 1.29 is 9.47 Å². The highest BCUT2D eigenvalue weighted by molar-refractivity contribution is 9.10. The molecule has 0 spiro atoms. The standard InChI is InChI=1S/C18H17BrN2O3S/c19-12-6-5-11-14-17(25-16(11)15(12)24-9-10-8-23-10)20-13-4-2-1-3-7-21(13)18(14)22/h5-6,10H,1-4,7-9H2/t10-/m0/s1.